The molecule has 114 valence electrons. The number of ether oxygens (including phenoxy) is 2. The third-order valence-electron chi connectivity index (χ3n) is 2.91. The molecule has 0 aromatic carbocycles. The summed E-state index contributed by atoms with van der Waals surface area (Å²) in [6.07, 6.45) is 3.62. The Morgan fingerprint density at radius 2 is 1.30 bits per heavy atom. The van der Waals surface area contributed by atoms with Crippen molar-refractivity contribution >= 4 is 11.9 Å². The topological polar surface area (TPSA) is 52.6 Å². The second-order valence-corrected chi connectivity index (χ2v) is 5.06. The van der Waals surface area contributed by atoms with Gasteiger partial charge in [0.2, 0.25) is 0 Å². The van der Waals surface area contributed by atoms with Crippen molar-refractivity contribution in [3.63, 3.8) is 0 Å². The first kappa shape index (κ1) is 18.4. The lowest BCUT2D eigenvalue weighted by Crippen LogP contribution is -2.14. The molecule has 0 N–H and O–H groups in total. The van der Waals surface area contributed by atoms with E-state index in [4.69, 9.17) is 9.47 Å². The molecule has 0 saturated heterocycles. The molecule has 0 aromatic heterocycles. The summed E-state index contributed by atoms with van der Waals surface area (Å²) < 4.78 is 10.2. The quantitative estimate of drug-likeness (QED) is 0.455. The fourth-order valence-electron chi connectivity index (χ4n) is 1.72. The Labute approximate surface area is 121 Å². The van der Waals surface area contributed by atoms with E-state index >= 15 is 0 Å². The summed E-state index contributed by atoms with van der Waals surface area (Å²) in [7, 11) is 0. The van der Waals surface area contributed by atoms with Gasteiger partial charge in [0.25, 0.3) is 0 Å². The largest absolute Gasteiger partial charge is 0.462 e. The van der Waals surface area contributed by atoms with Crippen LogP contribution in [0.3, 0.4) is 0 Å². The molecule has 0 aliphatic heterocycles. The predicted octanol–water partition coefficient (Wildman–Crippen LogP) is 3.42. The van der Waals surface area contributed by atoms with Gasteiger partial charge in [-0.15, -0.1) is 0 Å². The number of esters is 2. The Bertz CT molecular complexity index is 325. The van der Waals surface area contributed by atoms with Gasteiger partial charge in [0.15, 0.2) is 0 Å². The van der Waals surface area contributed by atoms with E-state index < -0.39 is 0 Å². The molecule has 0 aliphatic rings. The minimum absolute atomic E-state index is 0.353. The molecule has 0 aromatic rings. The maximum Gasteiger partial charge on any atom is 0.333 e. The van der Waals surface area contributed by atoms with Gasteiger partial charge in [0.1, 0.15) is 0 Å². The van der Waals surface area contributed by atoms with Crippen molar-refractivity contribution in [1.82, 2.24) is 0 Å². The van der Waals surface area contributed by atoms with E-state index in [1.807, 2.05) is 0 Å². The zero-order valence-corrected chi connectivity index (χ0v) is 12.9. The summed E-state index contributed by atoms with van der Waals surface area (Å²) in [4.78, 5) is 22.5. The summed E-state index contributed by atoms with van der Waals surface area (Å²) in [6, 6.07) is 0. The molecule has 0 saturated carbocycles. The fraction of sp³-hybridized carbons (Fsp3) is 0.625. The zero-order chi connectivity index (χ0) is 15.5. The summed E-state index contributed by atoms with van der Waals surface area (Å²) in [6.45, 7) is 13.2. The lowest BCUT2D eigenvalue weighted by molar-refractivity contribution is -0.139. The highest BCUT2D eigenvalue weighted by Crippen LogP contribution is 2.16. The van der Waals surface area contributed by atoms with Crippen LogP contribution in [0.15, 0.2) is 24.3 Å². The summed E-state index contributed by atoms with van der Waals surface area (Å²) in [5.41, 5.74) is 0.819. The van der Waals surface area contributed by atoms with E-state index in [1.165, 1.54) is 0 Å². The lowest BCUT2D eigenvalue weighted by Gasteiger charge is -2.16. The van der Waals surface area contributed by atoms with Gasteiger partial charge in [-0.1, -0.05) is 32.9 Å². The van der Waals surface area contributed by atoms with Crippen LogP contribution in [-0.4, -0.2) is 25.2 Å². The van der Waals surface area contributed by atoms with Gasteiger partial charge >= 0.3 is 11.9 Å². The van der Waals surface area contributed by atoms with Gasteiger partial charge in [-0.05, 0) is 32.6 Å². The van der Waals surface area contributed by atoms with Crippen molar-refractivity contribution < 1.29 is 19.1 Å². The van der Waals surface area contributed by atoms with Crippen LogP contribution in [0.2, 0.25) is 0 Å². The highest BCUT2D eigenvalue weighted by Gasteiger charge is 2.11. The molecule has 0 atom stereocenters. The Balaban J connectivity index is 3.98. The second-order valence-electron chi connectivity index (χ2n) is 5.06. The van der Waals surface area contributed by atoms with Gasteiger partial charge in [-0.2, -0.15) is 0 Å². The van der Waals surface area contributed by atoms with E-state index in [9.17, 15) is 9.59 Å². The van der Waals surface area contributed by atoms with Gasteiger partial charge < -0.3 is 9.47 Å². The van der Waals surface area contributed by atoms with E-state index in [0.29, 0.717) is 30.3 Å². The summed E-state index contributed by atoms with van der Waals surface area (Å²) in [5.74, 6) is -0.321. The van der Waals surface area contributed by atoms with E-state index in [2.05, 4.69) is 20.1 Å². The monoisotopic (exact) mass is 282 g/mol. The van der Waals surface area contributed by atoms with Crippen molar-refractivity contribution in [2.75, 3.05) is 13.2 Å². The van der Waals surface area contributed by atoms with Crippen molar-refractivity contribution in [2.45, 2.75) is 46.5 Å². The molecule has 0 aliphatic carbocycles. The number of hydrogen-bond acceptors (Lipinski definition) is 4. The number of rotatable bonds is 10. The predicted molar refractivity (Wildman–Crippen MR) is 79.2 cm³/mol. The van der Waals surface area contributed by atoms with Crippen LogP contribution < -0.4 is 0 Å². The first-order valence-corrected chi connectivity index (χ1v) is 7.03. The molecule has 0 bridgehead atoms. The Hall–Kier alpha value is -1.58. The van der Waals surface area contributed by atoms with E-state index in [0.717, 1.165) is 25.7 Å². The SMILES string of the molecule is C=C(C)C(=O)OCCC(CCC)CCOC(=O)C(=C)C. The number of hydrogen-bond donors (Lipinski definition) is 0. The smallest absolute Gasteiger partial charge is 0.333 e. The van der Waals surface area contributed by atoms with Crippen LogP contribution in [0.5, 0.6) is 0 Å². The van der Waals surface area contributed by atoms with Crippen LogP contribution in [0.25, 0.3) is 0 Å². The van der Waals surface area contributed by atoms with Crippen molar-refractivity contribution in [3.05, 3.63) is 24.3 Å². The molecule has 4 heteroatoms. The van der Waals surface area contributed by atoms with Crippen LogP contribution in [0.4, 0.5) is 0 Å². The molecule has 0 amide bonds. The first-order chi connectivity index (χ1) is 9.38. The second kappa shape index (κ2) is 10.2. The normalized spacial score (nSPS) is 10.2. The molecule has 0 heterocycles. The average molecular weight is 282 g/mol. The Morgan fingerprint density at radius 3 is 1.60 bits per heavy atom. The van der Waals surface area contributed by atoms with Gasteiger partial charge in [0, 0.05) is 11.1 Å². The summed E-state index contributed by atoms with van der Waals surface area (Å²) >= 11 is 0. The zero-order valence-electron chi connectivity index (χ0n) is 12.9. The molecule has 0 spiro atoms. The molecule has 0 fully saturated rings. The maximum absolute atomic E-state index is 11.3. The molecule has 20 heavy (non-hydrogen) atoms. The molecule has 0 rings (SSSR count). The van der Waals surface area contributed by atoms with Crippen LogP contribution in [-0.2, 0) is 19.1 Å². The van der Waals surface area contributed by atoms with Gasteiger partial charge in [-0.25, -0.2) is 9.59 Å². The Kier molecular flexibility index (Phi) is 9.43. The average Bonchev–Trinajstić information content (AvgIpc) is 2.37. The van der Waals surface area contributed by atoms with Crippen molar-refractivity contribution in [1.29, 1.82) is 0 Å². The minimum Gasteiger partial charge on any atom is -0.462 e. The first-order valence-electron chi connectivity index (χ1n) is 7.03. The highest BCUT2D eigenvalue weighted by atomic mass is 16.5. The summed E-state index contributed by atoms with van der Waals surface area (Å²) in [5, 5.41) is 0. The van der Waals surface area contributed by atoms with Crippen molar-refractivity contribution in [2.24, 2.45) is 5.92 Å². The molecular formula is C16H26O4. The van der Waals surface area contributed by atoms with Gasteiger partial charge in [0.05, 0.1) is 13.2 Å². The number of carbonyl (C=O) groups excluding carboxylic acids is 2. The highest BCUT2D eigenvalue weighted by molar-refractivity contribution is 5.87. The van der Waals surface area contributed by atoms with Crippen LogP contribution >= 0.6 is 0 Å². The lowest BCUT2D eigenvalue weighted by atomic mass is 9.97. The van der Waals surface area contributed by atoms with E-state index in [-0.39, 0.29) is 11.9 Å². The molecule has 0 radical (unpaired) electrons. The number of carbonyl (C=O) groups is 2. The third kappa shape index (κ3) is 8.51. The van der Waals surface area contributed by atoms with Crippen LogP contribution in [0.1, 0.15) is 46.5 Å². The van der Waals surface area contributed by atoms with Gasteiger partial charge in [-0.3, -0.25) is 0 Å². The fourth-order valence-corrected chi connectivity index (χ4v) is 1.72. The molecule has 4 nitrogen and oxygen atoms in total. The standard InChI is InChI=1S/C16H26O4/c1-6-7-14(8-10-19-15(17)12(2)3)9-11-20-16(18)13(4)5/h14H,2,4,6-11H2,1,3,5H3. The van der Waals surface area contributed by atoms with Crippen LogP contribution in [0, 0.1) is 5.92 Å². The maximum atomic E-state index is 11.3. The Morgan fingerprint density at radius 1 is 0.900 bits per heavy atom. The molecular weight excluding hydrogens is 256 g/mol. The van der Waals surface area contributed by atoms with E-state index in [1.54, 1.807) is 13.8 Å². The molecule has 0 unspecified atom stereocenters. The minimum atomic E-state index is -0.353. The third-order valence-corrected chi connectivity index (χ3v) is 2.91. The van der Waals surface area contributed by atoms with Crippen molar-refractivity contribution in [3.8, 4) is 0 Å².